The first-order valence-electron chi connectivity index (χ1n) is 8.86. The molecule has 0 unspecified atom stereocenters. The lowest BCUT2D eigenvalue weighted by molar-refractivity contribution is -0.192. The number of hydrogen-bond donors (Lipinski definition) is 4. The molecule has 1 heterocycles. The van der Waals surface area contributed by atoms with Crippen molar-refractivity contribution in [2.75, 3.05) is 17.7 Å². The van der Waals surface area contributed by atoms with E-state index in [4.69, 9.17) is 21.5 Å². The Bertz CT molecular complexity index is 1210. The average Bonchev–Trinajstić information content (AvgIpc) is 2.75. The maximum absolute atomic E-state index is 11.9. The average molecular weight is 504 g/mol. The Kier molecular flexibility index (Phi) is 8.56. The topological polar surface area (TPSA) is 133 Å². The molecule has 0 atom stereocenters. The van der Waals surface area contributed by atoms with Gasteiger partial charge in [0.05, 0.1) is 4.90 Å². The van der Waals surface area contributed by atoms with Crippen molar-refractivity contribution in [3.05, 3.63) is 65.9 Å². The quantitative estimate of drug-likeness (QED) is 0.394. The van der Waals surface area contributed by atoms with E-state index in [2.05, 4.69) is 25.3 Å². The summed E-state index contributed by atoms with van der Waals surface area (Å²) in [6.07, 6.45) is -3.67. The zero-order chi connectivity index (χ0) is 24.6. The number of aliphatic carboxylic acids is 1. The number of hydrogen-bond acceptors (Lipinski definition) is 7. The van der Waals surface area contributed by atoms with E-state index in [0.29, 0.717) is 22.3 Å². The Labute approximate surface area is 191 Å². The normalized spacial score (nSPS) is 11.2. The zero-order valence-corrected chi connectivity index (χ0v) is 18.3. The van der Waals surface area contributed by atoms with Gasteiger partial charge in [0.1, 0.15) is 18.0 Å². The first-order chi connectivity index (χ1) is 15.4. The summed E-state index contributed by atoms with van der Waals surface area (Å²) in [6.45, 7) is 0. The standard InChI is InChI=1S/C17H16ClN5O2S.C2HF3O2/c1-19-26(24,25)15-4-2-3-14(9-15)23-17-10-16(20-11-21-17)22-13-7-5-12(18)6-8-13;3-2(4,5)1(6)7/h2-11,19H,1H3,(H2,20,21,22,23);(H,6,7). The molecule has 0 radical (unpaired) electrons. The maximum atomic E-state index is 11.9. The van der Waals surface area contributed by atoms with Crippen LogP contribution >= 0.6 is 11.6 Å². The van der Waals surface area contributed by atoms with Crippen molar-refractivity contribution in [3.63, 3.8) is 0 Å². The van der Waals surface area contributed by atoms with Crippen molar-refractivity contribution in [3.8, 4) is 0 Å². The third kappa shape index (κ3) is 8.21. The maximum Gasteiger partial charge on any atom is 0.490 e. The molecule has 0 aliphatic carbocycles. The molecule has 0 fully saturated rings. The van der Waals surface area contributed by atoms with Crippen LogP contribution in [0, 0.1) is 0 Å². The number of nitrogens with one attached hydrogen (secondary N) is 3. The lowest BCUT2D eigenvalue weighted by Gasteiger charge is -2.10. The molecule has 2 aromatic carbocycles. The molecule has 0 aliphatic rings. The summed E-state index contributed by atoms with van der Waals surface area (Å²) < 4.78 is 57.8. The molecule has 176 valence electrons. The third-order valence-corrected chi connectivity index (χ3v) is 5.38. The van der Waals surface area contributed by atoms with Gasteiger partial charge in [0.2, 0.25) is 10.0 Å². The summed E-state index contributed by atoms with van der Waals surface area (Å²) in [6, 6.07) is 15.4. The Morgan fingerprint density at radius 3 is 2.03 bits per heavy atom. The molecule has 14 heteroatoms. The van der Waals surface area contributed by atoms with Gasteiger partial charge in [-0.2, -0.15) is 13.2 Å². The van der Waals surface area contributed by atoms with Crippen LogP contribution in [0.3, 0.4) is 0 Å². The summed E-state index contributed by atoms with van der Waals surface area (Å²) in [7, 11) is -2.14. The van der Waals surface area contributed by atoms with Crippen molar-refractivity contribution >= 4 is 50.6 Å². The number of carboxylic acids is 1. The van der Waals surface area contributed by atoms with E-state index in [1.165, 1.54) is 25.5 Å². The Morgan fingerprint density at radius 1 is 0.970 bits per heavy atom. The number of alkyl halides is 3. The number of benzene rings is 2. The van der Waals surface area contributed by atoms with E-state index in [9.17, 15) is 21.6 Å². The molecule has 3 rings (SSSR count). The van der Waals surface area contributed by atoms with Crippen LogP contribution in [0.5, 0.6) is 0 Å². The monoisotopic (exact) mass is 503 g/mol. The molecule has 3 aromatic rings. The molecule has 0 amide bonds. The van der Waals surface area contributed by atoms with Gasteiger partial charge in [0.25, 0.3) is 0 Å². The molecular formula is C19H17ClF3N5O4S. The number of nitrogens with zero attached hydrogens (tertiary/aromatic N) is 2. The smallest absolute Gasteiger partial charge is 0.475 e. The number of carboxylic acid groups (broad SMARTS) is 1. The van der Waals surface area contributed by atoms with Crippen molar-refractivity contribution in [1.29, 1.82) is 0 Å². The fourth-order valence-electron chi connectivity index (χ4n) is 2.18. The highest BCUT2D eigenvalue weighted by Crippen LogP contribution is 2.22. The number of carbonyl (C=O) groups is 1. The summed E-state index contributed by atoms with van der Waals surface area (Å²) in [5.41, 5.74) is 1.43. The Hall–Kier alpha value is -3.42. The van der Waals surface area contributed by atoms with Crippen LogP contribution < -0.4 is 15.4 Å². The number of rotatable bonds is 6. The zero-order valence-electron chi connectivity index (χ0n) is 16.8. The van der Waals surface area contributed by atoms with Gasteiger partial charge in [-0.3, -0.25) is 0 Å². The molecule has 33 heavy (non-hydrogen) atoms. The van der Waals surface area contributed by atoms with Crippen molar-refractivity contribution < 1.29 is 31.5 Å². The largest absolute Gasteiger partial charge is 0.490 e. The highest BCUT2D eigenvalue weighted by molar-refractivity contribution is 7.89. The molecule has 0 bridgehead atoms. The highest BCUT2D eigenvalue weighted by atomic mass is 35.5. The Morgan fingerprint density at radius 2 is 1.52 bits per heavy atom. The van der Waals surface area contributed by atoms with Gasteiger partial charge in [-0.15, -0.1) is 0 Å². The minimum atomic E-state index is -5.08. The van der Waals surface area contributed by atoms with E-state index in [0.717, 1.165) is 5.69 Å². The fourth-order valence-corrected chi connectivity index (χ4v) is 3.08. The van der Waals surface area contributed by atoms with E-state index in [1.54, 1.807) is 30.3 Å². The summed E-state index contributed by atoms with van der Waals surface area (Å²) in [5, 5.41) is 14.0. The third-order valence-electron chi connectivity index (χ3n) is 3.71. The molecule has 0 saturated carbocycles. The predicted molar refractivity (Wildman–Crippen MR) is 116 cm³/mol. The number of anilines is 4. The van der Waals surface area contributed by atoms with Crippen molar-refractivity contribution in [2.24, 2.45) is 0 Å². The van der Waals surface area contributed by atoms with Gasteiger partial charge in [0, 0.05) is 22.5 Å². The van der Waals surface area contributed by atoms with Gasteiger partial charge >= 0.3 is 12.1 Å². The fraction of sp³-hybridized carbons (Fsp3) is 0.105. The summed E-state index contributed by atoms with van der Waals surface area (Å²) >= 11 is 5.87. The van der Waals surface area contributed by atoms with Crippen LogP contribution in [0.25, 0.3) is 0 Å². The molecule has 0 saturated heterocycles. The minimum Gasteiger partial charge on any atom is -0.475 e. The van der Waals surface area contributed by atoms with Crippen LogP contribution in [0.2, 0.25) is 5.02 Å². The second-order valence-corrected chi connectivity index (χ2v) is 8.41. The Balaban J connectivity index is 0.000000479. The van der Waals surface area contributed by atoms with Crippen LogP contribution in [0.15, 0.2) is 65.8 Å². The van der Waals surface area contributed by atoms with E-state index in [1.807, 2.05) is 12.1 Å². The SMILES string of the molecule is CNS(=O)(=O)c1cccc(Nc2cc(Nc3ccc(Cl)cc3)ncn2)c1.O=C(O)C(F)(F)F. The van der Waals surface area contributed by atoms with Crippen LogP contribution in [0.4, 0.5) is 36.2 Å². The van der Waals surface area contributed by atoms with Gasteiger partial charge in [-0.05, 0) is 49.5 Å². The summed E-state index contributed by atoms with van der Waals surface area (Å²) in [5.74, 6) is -1.65. The van der Waals surface area contributed by atoms with Crippen molar-refractivity contribution in [2.45, 2.75) is 11.1 Å². The van der Waals surface area contributed by atoms with Crippen LogP contribution in [-0.4, -0.2) is 42.7 Å². The molecule has 9 nitrogen and oxygen atoms in total. The molecule has 4 N–H and O–H groups in total. The lowest BCUT2D eigenvalue weighted by atomic mass is 10.3. The van der Waals surface area contributed by atoms with E-state index in [-0.39, 0.29) is 4.90 Å². The minimum absolute atomic E-state index is 0.165. The number of sulfonamides is 1. The van der Waals surface area contributed by atoms with Crippen molar-refractivity contribution in [1.82, 2.24) is 14.7 Å². The van der Waals surface area contributed by atoms with Gasteiger partial charge in [-0.1, -0.05) is 17.7 Å². The highest BCUT2D eigenvalue weighted by Gasteiger charge is 2.38. The second-order valence-electron chi connectivity index (χ2n) is 6.08. The van der Waals surface area contributed by atoms with Gasteiger partial charge in [-0.25, -0.2) is 27.9 Å². The second kappa shape index (κ2) is 10.9. The number of halogens is 4. The first kappa shape index (κ1) is 25.8. The van der Waals surface area contributed by atoms with Crippen LogP contribution in [-0.2, 0) is 14.8 Å². The van der Waals surface area contributed by atoms with E-state index < -0.39 is 22.2 Å². The number of aromatic nitrogens is 2. The predicted octanol–water partition coefficient (Wildman–Crippen LogP) is 4.16. The lowest BCUT2D eigenvalue weighted by Crippen LogP contribution is -2.21. The molecular weight excluding hydrogens is 487 g/mol. The van der Waals surface area contributed by atoms with E-state index >= 15 is 0 Å². The molecule has 0 spiro atoms. The molecule has 1 aromatic heterocycles. The first-order valence-corrected chi connectivity index (χ1v) is 10.7. The van der Waals surface area contributed by atoms with Gasteiger partial charge < -0.3 is 15.7 Å². The summed E-state index contributed by atoms with van der Waals surface area (Å²) in [4.78, 5) is 17.4. The van der Waals surface area contributed by atoms with Gasteiger partial charge in [0.15, 0.2) is 0 Å². The molecule has 0 aliphatic heterocycles. The van der Waals surface area contributed by atoms with Crippen LogP contribution in [0.1, 0.15) is 0 Å².